The van der Waals surface area contributed by atoms with Crippen molar-refractivity contribution in [3.63, 3.8) is 0 Å². The molecule has 0 atom stereocenters. The minimum Gasteiger partial charge on any atom is -0.375 e. The highest BCUT2D eigenvalue weighted by Crippen LogP contribution is 2.31. The van der Waals surface area contributed by atoms with E-state index in [2.05, 4.69) is 10.3 Å². The van der Waals surface area contributed by atoms with E-state index in [1.807, 2.05) is 30.5 Å². The molecule has 0 fully saturated rings. The van der Waals surface area contributed by atoms with Crippen LogP contribution >= 0.6 is 22.7 Å². The SMILES string of the molecule is Cc1nc(-c2cccs2)sc1C(=O)NCc1ccc(N(C)C)c(F)c1. The lowest BCUT2D eigenvalue weighted by atomic mass is 10.2. The fourth-order valence-electron chi connectivity index (χ4n) is 2.40. The highest BCUT2D eigenvalue weighted by molar-refractivity contribution is 7.22. The summed E-state index contributed by atoms with van der Waals surface area (Å²) in [5.41, 5.74) is 1.95. The van der Waals surface area contributed by atoms with E-state index in [1.165, 1.54) is 17.4 Å². The Labute approximate surface area is 154 Å². The number of carbonyl (C=O) groups excluding carboxylic acids is 1. The number of thiazole rings is 1. The molecular formula is C18H18FN3OS2. The summed E-state index contributed by atoms with van der Waals surface area (Å²) in [4.78, 5) is 20.3. The Balaban J connectivity index is 1.70. The van der Waals surface area contributed by atoms with Crippen LogP contribution in [-0.4, -0.2) is 25.0 Å². The zero-order valence-corrected chi connectivity index (χ0v) is 15.8. The second-order valence-corrected chi connectivity index (χ2v) is 7.72. The van der Waals surface area contributed by atoms with Gasteiger partial charge in [0.15, 0.2) is 0 Å². The van der Waals surface area contributed by atoms with E-state index in [-0.39, 0.29) is 18.3 Å². The molecule has 0 radical (unpaired) electrons. The fraction of sp³-hybridized carbons (Fsp3) is 0.222. The first kappa shape index (κ1) is 17.6. The van der Waals surface area contributed by atoms with Gasteiger partial charge in [0.2, 0.25) is 0 Å². The van der Waals surface area contributed by atoms with Crippen molar-refractivity contribution in [2.75, 3.05) is 19.0 Å². The van der Waals surface area contributed by atoms with Gasteiger partial charge in [-0.25, -0.2) is 9.37 Å². The molecule has 0 spiro atoms. The number of aryl methyl sites for hydroxylation is 1. The average Bonchev–Trinajstić information content (AvgIpc) is 3.21. The molecule has 0 saturated carbocycles. The predicted octanol–water partition coefficient (Wildman–Crippen LogP) is 4.32. The molecule has 0 aliphatic heterocycles. The lowest BCUT2D eigenvalue weighted by Crippen LogP contribution is -2.22. The number of benzene rings is 1. The number of rotatable bonds is 5. The van der Waals surface area contributed by atoms with Gasteiger partial charge in [-0.3, -0.25) is 4.79 Å². The van der Waals surface area contributed by atoms with Gasteiger partial charge in [0.05, 0.1) is 16.3 Å². The third-order valence-electron chi connectivity index (χ3n) is 3.68. The number of halogens is 1. The number of thiophene rings is 1. The van der Waals surface area contributed by atoms with Crippen molar-refractivity contribution in [3.05, 3.63) is 57.7 Å². The second-order valence-electron chi connectivity index (χ2n) is 5.77. The third-order valence-corrected chi connectivity index (χ3v) is 5.88. The van der Waals surface area contributed by atoms with E-state index in [0.717, 1.165) is 15.4 Å². The maximum atomic E-state index is 14.0. The largest absolute Gasteiger partial charge is 0.375 e. The van der Waals surface area contributed by atoms with Crippen LogP contribution in [0.2, 0.25) is 0 Å². The van der Waals surface area contributed by atoms with Crippen LogP contribution in [0.25, 0.3) is 9.88 Å². The molecule has 4 nitrogen and oxygen atoms in total. The van der Waals surface area contributed by atoms with Crippen molar-refractivity contribution in [1.29, 1.82) is 0 Å². The van der Waals surface area contributed by atoms with Crippen LogP contribution < -0.4 is 10.2 Å². The summed E-state index contributed by atoms with van der Waals surface area (Å²) in [7, 11) is 3.58. The van der Waals surface area contributed by atoms with E-state index in [9.17, 15) is 9.18 Å². The standard InChI is InChI=1S/C18H18FN3OS2/c1-11-16(25-18(21-11)15-5-4-8-24-15)17(23)20-10-12-6-7-14(22(2)3)13(19)9-12/h4-9H,10H2,1-3H3,(H,20,23). The predicted molar refractivity (Wildman–Crippen MR) is 102 cm³/mol. The molecule has 0 saturated heterocycles. The van der Waals surface area contributed by atoms with Gasteiger partial charge >= 0.3 is 0 Å². The van der Waals surface area contributed by atoms with Gasteiger partial charge in [0.1, 0.15) is 15.7 Å². The zero-order chi connectivity index (χ0) is 18.0. The summed E-state index contributed by atoms with van der Waals surface area (Å²) < 4.78 is 14.0. The third kappa shape index (κ3) is 3.88. The first-order chi connectivity index (χ1) is 12.0. The summed E-state index contributed by atoms with van der Waals surface area (Å²) in [5.74, 6) is -0.486. The molecule has 2 heterocycles. The Hall–Kier alpha value is -2.25. The Morgan fingerprint density at radius 2 is 2.12 bits per heavy atom. The highest BCUT2D eigenvalue weighted by atomic mass is 32.1. The molecule has 0 aliphatic carbocycles. The molecule has 0 unspecified atom stereocenters. The fourth-order valence-corrected chi connectivity index (χ4v) is 4.18. The number of anilines is 1. The van der Waals surface area contributed by atoms with Gasteiger partial charge < -0.3 is 10.2 Å². The zero-order valence-electron chi connectivity index (χ0n) is 14.2. The number of hydrogen-bond donors (Lipinski definition) is 1. The van der Waals surface area contributed by atoms with Crippen LogP contribution in [0.15, 0.2) is 35.7 Å². The number of amides is 1. The lowest BCUT2D eigenvalue weighted by molar-refractivity contribution is 0.0954. The van der Waals surface area contributed by atoms with E-state index in [1.54, 1.807) is 36.4 Å². The number of carbonyl (C=O) groups is 1. The monoisotopic (exact) mass is 375 g/mol. The molecule has 1 amide bonds. The van der Waals surface area contributed by atoms with E-state index in [4.69, 9.17) is 0 Å². The minimum atomic E-state index is -0.300. The van der Waals surface area contributed by atoms with Gasteiger partial charge in [0, 0.05) is 20.6 Å². The van der Waals surface area contributed by atoms with Gasteiger partial charge in [-0.2, -0.15) is 0 Å². The first-order valence-corrected chi connectivity index (χ1v) is 9.40. The van der Waals surface area contributed by atoms with Crippen LogP contribution in [0.5, 0.6) is 0 Å². The Bertz CT molecular complexity index is 888. The second kappa shape index (κ2) is 7.33. The lowest BCUT2D eigenvalue weighted by Gasteiger charge is -2.14. The molecular weight excluding hydrogens is 357 g/mol. The van der Waals surface area contributed by atoms with Gasteiger partial charge in [-0.15, -0.1) is 22.7 Å². The minimum absolute atomic E-state index is 0.185. The first-order valence-electron chi connectivity index (χ1n) is 7.71. The normalized spacial score (nSPS) is 10.7. The molecule has 1 N–H and O–H groups in total. The van der Waals surface area contributed by atoms with Crippen molar-refractivity contribution >= 4 is 34.3 Å². The van der Waals surface area contributed by atoms with Gasteiger partial charge in [-0.1, -0.05) is 12.1 Å². The maximum absolute atomic E-state index is 14.0. The van der Waals surface area contributed by atoms with Crippen molar-refractivity contribution in [3.8, 4) is 9.88 Å². The van der Waals surface area contributed by atoms with E-state index >= 15 is 0 Å². The van der Waals surface area contributed by atoms with Crippen molar-refractivity contribution < 1.29 is 9.18 Å². The maximum Gasteiger partial charge on any atom is 0.263 e. The summed E-state index contributed by atoms with van der Waals surface area (Å²) in [6, 6.07) is 8.92. The van der Waals surface area contributed by atoms with Crippen molar-refractivity contribution in [1.82, 2.24) is 10.3 Å². The van der Waals surface area contributed by atoms with Crippen LogP contribution in [0.1, 0.15) is 20.9 Å². The molecule has 1 aromatic carbocycles. The summed E-state index contributed by atoms with van der Waals surface area (Å²) >= 11 is 2.97. The number of hydrogen-bond acceptors (Lipinski definition) is 5. The van der Waals surface area contributed by atoms with Crippen LogP contribution in [-0.2, 0) is 6.54 Å². The summed E-state index contributed by atoms with van der Waals surface area (Å²) in [5, 5.41) is 5.68. The Morgan fingerprint density at radius 3 is 2.76 bits per heavy atom. The molecule has 25 heavy (non-hydrogen) atoms. The number of aromatic nitrogens is 1. The summed E-state index contributed by atoms with van der Waals surface area (Å²) in [6.07, 6.45) is 0. The molecule has 7 heteroatoms. The quantitative estimate of drug-likeness (QED) is 0.723. The number of nitrogens with zero attached hydrogens (tertiary/aromatic N) is 2. The van der Waals surface area contributed by atoms with Crippen molar-refractivity contribution in [2.45, 2.75) is 13.5 Å². The Morgan fingerprint density at radius 1 is 1.32 bits per heavy atom. The average molecular weight is 375 g/mol. The van der Waals surface area contributed by atoms with Crippen LogP contribution in [0.4, 0.5) is 10.1 Å². The molecule has 3 aromatic rings. The smallest absolute Gasteiger partial charge is 0.263 e. The molecule has 130 valence electrons. The topological polar surface area (TPSA) is 45.2 Å². The summed E-state index contributed by atoms with van der Waals surface area (Å²) in [6.45, 7) is 2.10. The molecule has 3 rings (SSSR count). The highest BCUT2D eigenvalue weighted by Gasteiger charge is 2.16. The van der Waals surface area contributed by atoms with Crippen LogP contribution in [0, 0.1) is 12.7 Å². The van der Waals surface area contributed by atoms with Crippen molar-refractivity contribution in [2.24, 2.45) is 0 Å². The molecule has 0 bridgehead atoms. The van der Waals surface area contributed by atoms with Gasteiger partial charge in [-0.05, 0) is 36.1 Å². The molecule has 0 aliphatic rings. The van der Waals surface area contributed by atoms with E-state index < -0.39 is 0 Å². The molecule has 2 aromatic heterocycles. The van der Waals surface area contributed by atoms with Gasteiger partial charge in [0.25, 0.3) is 5.91 Å². The van der Waals surface area contributed by atoms with Crippen LogP contribution in [0.3, 0.4) is 0 Å². The Kier molecular flexibility index (Phi) is 5.15. The van der Waals surface area contributed by atoms with E-state index in [0.29, 0.717) is 16.3 Å². The number of nitrogens with one attached hydrogen (secondary N) is 1.